The zero-order valence-electron chi connectivity index (χ0n) is 38.7. The van der Waals surface area contributed by atoms with Gasteiger partial charge in [0, 0.05) is 85.9 Å². The minimum Gasteiger partial charge on any atom is -0.504 e. The minimum atomic E-state index is -0.116. The Balaban J connectivity index is 1.22. The van der Waals surface area contributed by atoms with Crippen LogP contribution in [0.4, 0.5) is 0 Å². The zero-order valence-corrected chi connectivity index (χ0v) is 39.6. The number of nitrogens with zero attached hydrogens (tertiary/aromatic N) is 5. The number of phenols is 1. The number of likely N-dealkylation sites (N-methyl/N-ethyl adjacent to an activating group) is 1. The molecule has 6 rings (SSSR count). The number of hydrazone groups is 1. The van der Waals surface area contributed by atoms with Crippen LogP contribution in [0.25, 0.3) is 11.1 Å². The lowest BCUT2D eigenvalue weighted by Gasteiger charge is -2.32. The number of ether oxygens (including phenoxy) is 2. The van der Waals surface area contributed by atoms with Crippen molar-refractivity contribution >= 4 is 18.3 Å². The standard InChI is InChI=1S/C53H70N6O3S/c1-9-36(4)31-37(5)32-43-21-19-39(34-55-43)20-22-44(57-54-7)35-62-47-18-13-12-15-42(47)33-40(10-2)49-50(51(41-16-14-17-41)56-38(6)53(49)63)46-23-24-48(52(60)45(46)11-3)61-30-29-59-27-25-58(8)26-28-59/h10,12-13,15,18-19,21,23-24,31,34,40-41,54,60,63H,2,4,9,11,14,16-17,20,22,25-30,32-33,35H2,1,3,5-8H3/b37-31+,57-44+. The molecule has 1 saturated carbocycles. The summed E-state index contributed by atoms with van der Waals surface area (Å²) in [7, 11) is 3.99. The van der Waals surface area contributed by atoms with Gasteiger partial charge < -0.3 is 24.9 Å². The number of piperazine rings is 1. The number of hydrogen-bond donors (Lipinski definition) is 3. The average molecular weight is 871 g/mol. The number of nitrogens with one attached hydrogen (secondary N) is 1. The number of hydrogen-bond acceptors (Lipinski definition) is 10. The molecule has 1 atom stereocenters. The van der Waals surface area contributed by atoms with Gasteiger partial charge in [0.25, 0.3) is 0 Å². The number of aryl methyl sites for hydroxylation is 2. The number of rotatable bonds is 22. The maximum Gasteiger partial charge on any atom is 0.161 e. The molecule has 2 N–H and O–H groups in total. The van der Waals surface area contributed by atoms with E-state index in [0.717, 1.165) is 144 Å². The minimum absolute atomic E-state index is 0.116. The zero-order chi connectivity index (χ0) is 44.9. The molecule has 9 nitrogen and oxygen atoms in total. The lowest BCUT2D eigenvalue weighted by molar-refractivity contribution is 0.133. The van der Waals surface area contributed by atoms with E-state index in [1.165, 1.54) is 12.0 Å². The van der Waals surface area contributed by atoms with Crippen LogP contribution in [0.3, 0.4) is 0 Å². The van der Waals surface area contributed by atoms with Crippen LogP contribution in [0.2, 0.25) is 0 Å². The molecule has 2 aliphatic rings. The largest absolute Gasteiger partial charge is 0.504 e. The lowest BCUT2D eigenvalue weighted by atomic mass is 9.76. The van der Waals surface area contributed by atoms with Gasteiger partial charge in [-0.3, -0.25) is 14.9 Å². The molecule has 63 heavy (non-hydrogen) atoms. The Hall–Kier alpha value is -4.90. The molecular weight excluding hydrogens is 801 g/mol. The predicted molar refractivity (Wildman–Crippen MR) is 263 cm³/mol. The van der Waals surface area contributed by atoms with Crippen LogP contribution in [-0.4, -0.2) is 90.6 Å². The predicted octanol–water partition coefficient (Wildman–Crippen LogP) is 10.5. The summed E-state index contributed by atoms with van der Waals surface area (Å²) in [6.07, 6.45) is 14.1. The Bertz CT molecular complexity index is 2240. The summed E-state index contributed by atoms with van der Waals surface area (Å²) in [4.78, 5) is 15.6. The van der Waals surface area contributed by atoms with Gasteiger partial charge in [-0.2, -0.15) is 5.10 Å². The van der Waals surface area contributed by atoms with Crippen molar-refractivity contribution in [1.82, 2.24) is 25.2 Å². The van der Waals surface area contributed by atoms with Gasteiger partial charge in [-0.25, -0.2) is 0 Å². The molecule has 1 saturated heterocycles. The van der Waals surface area contributed by atoms with E-state index in [0.29, 0.717) is 37.7 Å². The van der Waals surface area contributed by atoms with Crippen molar-refractivity contribution in [2.45, 2.75) is 102 Å². The molecule has 0 amide bonds. The number of allylic oxidation sites excluding steroid dienone is 4. The van der Waals surface area contributed by atoms with Crippen molar-refractivity contribution in [3.63, 3.8) is 0 Å². The van der Waals surface area contributed by atoms with E-state index in [-0.39, 0.29) is 11.7 Å². The summed E-state index contributed by atoms with van der Waals surface area (Å²) in [5.41, 5.74) is 15.6. The fourth-order valence-electron chi connectivity index (χ4n) is 8.66. The molecule has 0 bridgehead atoms. The van der Waals surface area contributed by atoms with E-state index in [4.69, 9.17) is 32.1 Å². The molecule has 0 radical (unpaired) electrons. The van der Waals surface area contributed by atoms with Crippen LogP contribution >= 0.6 is 12.6 Å². The number of aromatic nitrogens is 2. The monoisotopic (exact) mass is 871 g/mol. The summed E-state index contributed by atoms with van der Waals surface area (Å²) >= 11 is 5.20. The Morgan fingerprint density at radius 1 is 1.06 bits per heavy atom. The summed E-state index contributed by atoms with van der Waals surface area (Å²) in [5, 5.41) is 16.5. The molecule has 1 aliphatic carbocycles. The van der Waals surface area contributed by atoms with E-state index < -0.39 is 0 Å². The maximum atomic E-state index is 11.9. The molecule has 1 aliphatic heterocycles. The molecule has 2 fully saturated rings. The number of para-hydroxylation sites is 1. The van der Waals surface area contributed by atoms with Crippen LogP contribution in [0.15, 0.2) is 101 Å². The maximum absolute atomic E-state index is 11.9. The van der Waals surface area contributed by atoms with E-state index in [2.05, 4.69) is 105 Å². The van der Waals surface area contributed by atoms with E-state index in [1.54, 1.807) is 0 Å². The first-order valence-electron chi connectivity index (χ1n) is 23.0. The van der Waals surface area contributed by atoms with E-state index in [9.17, 15) is 5.11 Å². The van der Waals surface area contributed by atoms with Gasteiger partial charge >= 0.3 is 0 Å². The van der Waals surface area contributed by atoms with Crippen molar-refractivity contribution in [3.05, 3.63) is 131 Å². The number of pyridine rings is 2. The first-order valence-corrected chi connectivity index (χ1v) is 23.4. The normalized spacial score (nSPS) is 15.8. The van der Waals surface area contributed by atoms with Gasteiger partial charge in [0.05, 0.1) is 17.1 Å². The van der Waals surface area contributed by atoms with Crippen LogP contribution in [0, 0.1) is 6.92 Å². The van der Waals surface area contributed by atoms with Crippen molar-refractivity contribution in [2.24, 2.45) is 5.10 Å². The summed E-state index contributed by atoms with van der Waals surface area (Å²) in [6, 6.07) is 16.6. The fourth-order valence-corrected chi connectivity index (χ4v) is 8.99. The molecule has 0 spiro atoms. The second-order valence-electron chi connectivity index (χ2n) is 17.3. The molecule has 2 aromatic heterocycles. The smallest absolute Gasteiger partial charge is 0.161 e. The number of benzene rings is 2. The second-order valence-corrected chi connectivity index (χ2v) is 17.8. The van der Waals surface area contributed by atoms with Crippen molar-refractivity contribution < 1.29 is 14.6 Å². The molecular formula is C53H70N6O3S. The number of aromatic hydroxyl groups is 1. The highest BCUT2D eigenvalue weighted by molar-refractivity contribution is 7.80. The Morgan fingerprint density at radius 3 is 2.51 bits per heavy atom. The van der Waals surface area contributed by atoms with Crippen LogP contribution < -0.4 is 14.9 Å². The highest BCUT2D eigenvalue weighted by Crippen LogP contribution is 2.49. The van der Waals surface area contributed by atoms with Crippen LogP contribution in [0.1, 0.15) is 104 Å². The third kappa shape index (κ3) is 12.4. The lowest BCUT2D eigenvalue weighted by Crippen LogP contribution is -2.45. The Labute approximate surface area is 382 Å². The molecule has 4 aromatic rings. The molecule has 10 heteroatoms. The number of phenolic OH excluding ortho intramolecular Hbond substituents is 1. The fraction of sp³-hybridized carbons (Fsp3) is 0.453. The van der Waals surface area contributed by atoms with Gasteiger partial charge in [0.15, 0.2) is 11.5 Å². The van der Waals surface area contributed by atoms with Gasteiger partial charge in [-0.15, -0.1) is 19.2 Å². The molecule has 336 valence electrons. The van der Waals surface area contributed by atoms with Gasteiger partial charge in [0.1, 0.15) is 19.0 Å². The molecule has 1 unspecified atom stereocenters. The highest BCUT2D eigenvalue weighted by atomic mass is 32.1. The van der Waals surface area contributed by atoms with Crippen LogP contribution in [-0.2, 0) is 25.7 Å². The Kier molecular flexibility index (Phi) is 17.5. The van der Waals surface area contributed by atoms with Crippen molar-refractivity contribution in [1.29, 1.82) is 0 Å². The summed E-state index contributed by atoms with van der Waals surface area (Å²) in [6.45, 7) is 22.8. The average Bonchev–Trinajstić information content (AvgIpc) is 3.26. The molecule has 3 heterocycles. The quantitative estimate of drug-likeness (QED) is 0.0236. The third-order valence-electron chi connectivity index (χ3n) is 12.7. The first kappa shape index (κ1) is 47.6. The molecule has 2 aromatic carbocycles. The van der Waals surface area contributed by atoms with E-state index >= 15 is 0 Å². The van der Waals surface area contributed by atoms with Crippen molar-refractivity contribution in [3.8, 4) is 28.4 Å². The van der Waals surface area contributed by atoms with Crippen LogP contribution in [0.5, 0.6) is 17.2 Å². The SMILES string of the molecule is C=CC(Cc1ccccc1OC/C(CCc1ccc(C/C(C)=C/C(=C)CC)nc1)=N/NC)c1c(S)c(C)nc(C2CCC2)c1-c1ccc(OCCN2CCN(C)CC2)c(O)c1CC. The number of thiol groups is 1. The summed E-state index contributed by atoms with van der Waals surface area (Å²) < 4.78 is 12.9. The van der Waals surface area contributed by atoms with Crippen molar-refractivity contribution in [2.75, 3.05) is 60.0 Å². The third-order valence-corrected chi connectivity index (χ3v) is 13.3. The summed E-state index contributed by atoms with van der Waals surface area (Å²) in [5.74, 6) is 1.77. The van der Waals surface area contributed by atoms with Gasteiger partial charge in [-0.05, 0) is 106 Å². The Morgan fingerprint density at radius 2 is 1.84 bits per heavy atom. The highest BCUT2D eigenvalue weighted by Gasteiger charge is 2.32. The van der Waals surface area contributed by atoms with E-state index in [1.807, 2.05) is 37.5 Å². The van der Waals surface area contributed by atoms with Gasteiger partial charge in [0.2, 0.25) is 0 Å². The second kappa shape index (κ2) is 23.2. The topological polar surface area (TPSA) is 95.3 Å². The van der Waals surface area contributed by atoms with Gasteiger partial charge in [-0.1, -0.05) is 80.5 Å². The first-order chi connectivity index (χ1) is 30.5.